The number of fused-ring (bicyclic) bond motifs is 8. The van der Waals surface area contributed by atoms with Gasteiger partial charge in [-0.05, 0) is 46.6 Å². The van der Waals surface area contributed by atoms with Crippen molar-refractivity contribution in [2.45, 2.75) is 0 Å². The first-order valence-electron chi connectivity index (χ1n) is 17.3. The van der Waals surface area contributed by atoms with Crippen molar-refractivity contribution in [2.24, 2.45) is 0 Å². The Morgan fingerprint density at radius 2 is 0.459 bits per heavy atom. The van der Waals surface area contributed by atoms with E-state index in [0.717, 1.165) is 48.6 Å². The molecule has 0 saturated carbocycles. The van der Waals surface area contributed by atoms with E-state index in [1.165, 1.54) is 0 Å². The van der Waals surface area contributed by atoms with Crippen molar-refractivity contribution in [3.63, 3.8) is 0 Å². The maximum atomic E-state index is 15.7. The smallest absolute Gasteiger partial charge is 0.657 e. The normalized spacial score (nSPS) is 12.0. The SMILES string of the molecule is Fc1cc(F)c(-c2c3nc(c(-c4c(F)cc(F)cc4F)c4ccc([n-]4)c(-c4c(F)cc(F)cc4F)c4nc(c(-c5c(F)cc(F)cc5F)c5ccc2[n-]5)C=C4)C=C3)c(F)c1.[Pt+2]. The summed E-state index contributed by atoms with van der Waals surface area (Å²) in [6, 6.07) is 7.37. The number of halogens is 12. The summed E-state index contributed by atoms with van der Waals surface area (Å²) in [5, 5.41) is 0. The zero-order chi connectivity index (χ0) is 42.3. The van der Waals surface area contributed by atoms with E-state index in [4.69, 9.17) is 0 Å². The van der Waals surface area contributed by atoms with Crippen molar-refractivity contribution < 1.29 is 73.8 Å². The van der Waals surface area contributed by atoms with Crippen molar-refractivity contribution in [3.8, 4) is 44.5 Å². The van der Waals surface area contributed by atoms with Crippen molar-refractivity contribution in [1.29, 1.82) is 0 Å². The van der Waals surface area contributed by atoms with Crippen LogP contribution in [0.1, 0.15) is 22.8 Å². The number of aromatic nitrogens is 4. The molecule has 4 nitrogen and oxygen atoms in total. The van der Waals surface area contributed by atoms with Crippen LogP contribution in [-0.4, -0.2) is 9.97 Å². The van der Waals surface area contributed by atoms with Crippen LogP contribution in [0.15, 0.2) is 72.8 Å². The number of nitrogens with zero attached hydrogens (tertiary/aromatic N) is 4. The first-order chi connectivity index (χ1) is 28.7. The van der Waals surface area contributed by atoms with Crippen LogP contribution in [0.3, 0.4) is 0 Å². The van der Waals surface area contributed by atoms with Gasteiger partial charge in [-0.2, -0.15) is 0 Å². The molecule has 0 saturated heterocycles. The molecule has 306 valence electrons. The molecule has 5 heterocycles. The van der Waals surface area contributed by atoms with Gasteiger partial charge in [0.05, 0.1) is 45.0 Å². The van der Waals surface area contributed by atoms with Gasteiger partial charge in [0.2, 0.25) is 0 Å². The minimum absolute atomic E-state index is 0. The molecule has 7 aromatic rings. The second-order valence-corrected chi connectivity index (χ2v) is 13.3. The van der Waals surface area contributed by atoms with Gasteiger partial charge in [-0.15, -0.1) is 22.1 Å². The standard InChI is InChI=1S/C44H16F12N4.Pt/c45-17-9-21(49)37(22(50)10-17)41-29-1-2-30(57-29)42(38-23(51)11-18(46)12-24(38)52)32-5-6-34(59-32)44(40-27(55)15-20(48)16-28(40)56)36-8-7-35(60-36)43(33-4-3-31(41)58-33)39-25(53)13-19(47)14-26(39)54;/h1-16H;/q-2;+2. The van der Waals surface area contributed by atoms with Crippen LogP contribution in [0.25, 0.3) is 90.9 Å². The van der Waals surface area contributed by atoms with E-state index in [9.17, 15) is 17.6 Å². The van der Waals surface area contributed by atoms with Crippen molar-refractivity contribution >= 4 is 46.4 Å². The Hall–Kier alpha value is -6.67. The molecule has 2 aliphatic rings. The molecule has 0 atom stereocenters. The van der Waals surface area contributed by atoms with Gasteiger partial charge in [0.1, 0.15) is 69.8 Å². The predicted molar refractivity (Wildman–Crippen MR) is 198 cm³/mol. The fraction of sp³-hybridized carbons (Fsp3) is 0. The molecule has 4 aromatic carbocycles. The van der Waals surface area contributed by atoms with E-state index in [1.807, 2.05) is 0 Å². The Labute approximate surface area is 348 Å². The molecule has 0 fully saturated rings. The van der Waals surface area contributed by atoms with Gasteiger partial charge >= 0.3 is 21.1 Å². The minimum Gasteiger partial charge on any atom is -0.657 e. The molecule has 0 unspecified atom stereocenters. The van der Waals surface area contributed by atoms with Crippen LogP contribution < -0.4 is 9.97 Å². The van der Waals surface area contributed by atoms with E-state index >= 15 is 35.1 Å². The van der Waals surface area contributed by atoms with E-state index in [0.29, 0.717) is 48.5 Å². The largest absolute Gasteiger partial charge is 2.00 e. The summed E-state index contributed by atoms with van der Waals surface area (Å²) >= 11 is 0. The molecule has 0 radical (unpaired) electrons. The topological polar surface area (TPSA) is 54.0 Å². The molecular weight excluding hydrogens is 1010 g/mol. The second kappa shape index (κ2) is 15.4. The summed E-state index contributed by atoms with van der Waals surface area (Å²) < 4.78 is 183. The Bertz CT molecular complexity index is 2750. The Morgan fingerprint density at radius 1 is 0.279 bits per heavy atom. The third-order valence-corrected chi connectivity index (χ3v) is 9.64. The summed E-state index contributed by atoms with van der Waals surface area (Å²) in [6.45, 7) is 0. The third kappa shape index (κ3) is 7.03. The van der Waals surface area contributed by atoms with Gasteiger partial charge in [0, 0.05) is 48.5 Å². The first-order valence-corrected chi connectivity index (χ1v) is 17.3. The Morgan fingerprint density at radius 3 is 0.639 bits per heavy atom. The zero-order valence-corrected chi connectivity index (χ0v) is 32.2. The maximum absolute atomic E-state index is 15.7. The molecule has 0 spiro atoms. The summed E-state index contributed by atoms with van der Waals surface area (Å²) in [5.74, 6) is -16.9. The summed E-state index contributed by atoms with van der Waals surface area (Å²) in [4.78, 5) is 17.7. The molecule has 61 heavy (non-hydrogen) atoms. The number of hydrogen-bond donors (Lipinski definition) is 0. The third-order valence-electron chi connectivity index (χ3n) is 9.64. The van der Waals surface area contributed by atoms with Crippen LogP contribution in [0.2, 0.25) is 0 Å². The number of rotatable bonds is 4. The molecule has 0 N–H and O–H groups in total. The average molecular weight is 1020 g/mol. The van der Waals surface area contributed by atoms with Crippen LogP contribution in [-0.2, 0) is 21.1 Å². The molecule has 9 rings (SSSR count). The second-order valence-electron chi connectivity index (χ2n) is 13.3. The number of benzene rings is 4. The maximum Gasteiger partial charge on any atom is 2.00 e. The zero-order valence-electron chi connectivity index (χ0n) is 29.9. The average Bonchev–Trinajstić information content (AvgIpc) is 3.99. The van der Waals surface area contributed by atoms with Crippen molar-refractivity contribution in [2.75, 3.05) is 0 Å². The van der Waals surface area contributed by atoms with E-state index < -0.39 is 114 Å². The van der Waals surface area contributed by atoms with Crippen LogP contribution in [0.5, 0.6) is 0 Å². The molecule has 0 aliphatic carbocycles. The van der Waals surface area contributed by atoms with E-state index in [1.54, 1.807) is 0 Å². The van der Waals surface area contributed by atoms with Crippen LogP contribution >= 0.6 is 0 Å². The number of hydrogen-bond acceptors (Lipinski definition) is 2. The Balaban J connectivity index is 0.00000514. The van der Waals surface area contributed by atoms with Crippen LogP contribution in [0, 0.1) is 69.8 Å². The van der Waals surface area contributed by atoms with Crippen molar-refractivity contribution in [3.05, 3.63) is 165 Å². The fourth-order valence-corrected chi connectivity index (χ4v) is 7.24. The quantitative estimate of drug-likeness (QED) is 0.165. The molecule has 3 aromatic heterocycles. The van der Waals surface area contributed by atoms with E-state index in [2.05, 4.69) is 19.9 Å². The molecule has 2 aliphatic heterocycles. The first kappa shape index (κ1) is 41.1. The van der Waals surface area contributed by atoms with Gasteiger partial charge in [0.15, 0.2) is 0 Å². The van der Waals surface area contributed by atoms with Gasteiger partial charge in [0.25, 0.3) is 0 Å². The molecule has 17 heteroatoms. The van der Waals surface area contributed by atoms with Crippen molar-refractivity contribution in [1.82, 2.24) is 19.9 Å². The predicted octanol–water partition coefficient (Wildman–Crippen LogP) is 12.2. The van der Waals surface area contributed by atoms with Gasteiger partial charge in [-0.1, -0.05) is 24.3 Å². The summed E-state index contributed by atoms with van der Waals surface area (Å²) in [5.41, 5.74) is -8.55. The Kier molecular flexibility index (Phi) is 10.4. The fourth-order valence-electron chi connectivity index (χ4n) is 7.24. The minimum atomic E-state index is -1.46. The van der Waals surface area contributed by atoms with Crippen LogP contribution in [0.4, 0.5) is 52.7 Å². The molecule has 0 amide bonds. The summed E-state index contributed by atoms with van der Waals surface area (Å²) in [7, 11) is 0. The van der Waals surface area contributed by atoms with Gasteiger partial charge in [-0.25, -0.2) is 62.7 Å². The van der Waals surface area contributed by atoms with Gasteiger partial charge < -0.3 is 9.97 Å². The monoisotopic (exact) mass is 1020 g/mol. The summed E-state index contributed by atoms with van der Waals surface area (Å²) in [6.07, 6.45) is 4.55. The molecule has 8 bridgehead atoms. The van der Waals surface area contributed by atoms with Gasteiger partial charge in [-0.3, -0.25) is 0 Å². The molecular formula is C44H16F12N4Pt. The van der Waals surface area contributed by atoms with E-state index in [-0.39, 0.29) is 65.9 Å².